The maximum absolute atomic E-state index is 12.2. The van der Waals surface area contributed by atoms with Crippen LogP contribution in [0.2, 0.25) is 0 Å². The van der Waals surface area contributed by atoms with Gasteiger partial charge in [-0.2, -0.15) is 0 Å². The summed E-state index contributed by atoms with van der Waals surface area (Å²) in [6.07, 6.45) is 0.888. The molecule has 2 aromatic rings. The minimum Gasteiger partial charge on any atom is -0.494 e. The summed E-state index contributed by atoms with van der Waals surface area (Å²) in [5.41, 5.74) is 3.34. The van der Waals surface area contributed by atoms with Crippen LogP contribution in [0.1, 0.15) is 61.0 Å². The summed E-state index contributed by atoms with van der Waals surface area (Å²) in [7, 11) is 0. The summed E-state index contributed by atoms with van der Waals surface area (Å²) in [5.74, 6) is 0.693. The molecular formula is C23H29NO4. The highest BCUT2D eigenvalue weighted by Crippen LogP contribution is 2.23. The van der Waals surface area contributed by atoms with Crippen molar-refractivity contribution >= 4 is 17.6 Å². The van der Waals surface area contributed by atoms with E-state index in [0.29, 0.717) is 36.6 Å². The first kappa shape index (κ1) is 21.5. The van der Waals surface area contributed by atoms with Crippen molar-refractivity contribution in [2.24, 2.45) is 0 Å². The zero-order valence-corrected chi connectivity index (χ0v) is 17.1. The number of rotatable bonds is 9. The van der Waals surface area contributed by atoms with Crippen LogP contribution in [0, 0.1) is 6.92 Å². The quantitative estimate of drug-likeness (QED) is 0.484. The van der Waals surface area contributed by atoms with Gasteiger partial charge in [0.2, 0.25) is 5.91 Å². The Morgan fingerprint density at radius 3 is 2.54 bits per heavy atom. The number of esters is 1. The second-order valence-corrected chi connectivity index (χ2v) is 6.94. The zero-order valence-electron chi connectivity index (χ0n) is 17.1. The lowest BCUT2D eigenvalue weighted by Gasteiger charge is -2.13. The minimum absolute atomic E-state index is 0.160. The molecule has 0 aliphatic carbocycles. The van der Waals surface area contributed by atoms with Crippen LogP contribution in [-0.4, -0.2) is 25.1 Å². The van der Waals surface area contributed by atoms with Crippen LogP contribution in [0.5, 0.6) is 5.75 Å². The number of nitrogens with one attached hydrogen (secondary N) is 1. The van der Waals surface area contributed by atoms with Gasteiger partial charge in [0.05, 0.1) is 24.5 Å². The maximum atomic E-state index is 12.2. The monoisotopic (exact) mass is 383 g/mol. The van der Waals surface area contributed by atoms with E-state index in [4.69, 9.17) is 9.47 Å². The summed E-state index contributed by atoms with van der Waals surface area (Å²) in [6, 6.07) is 12.9. The Bertz CT molecular complexity index is 814. The first-order valence-electron chi connectivity index (χ1n) is 9.71. The molecular weight excluding hydrogens is 354 g/mol. The fraction of sp³-hybridized carbons (Fsp3) is 0.391. The summed E-state index contributed by atoms with van der Waals surface area (Å²) in [4.78, 5) is 24.2. The molecule has 2 aromatic carbocycles. The lowest BCUT2D eigenvalue weighted by atomic mass is 9.98. The van der Waals surface area contributed by atoms with Crippen LogP contribution in [-0.2, 0) is 9.53 Å². The molecule has 2 rings (SSSR count). The number of hydrogen-bond acceptors (Lipinski definition) is 4. The van der Waals surface area contributed by atoms with Crippen molar-refractivity contribution in [1.82, 2.24) is 0 Å². The number of benzene rings is 2. The minimum atomic E-state index is -0.443. The molecule has 150 valence electrons. The van der Waals surface area contributed by atoms with Gasteiger partial charge in [0.1, 0.15) is 5.75 Å². The van der Waals surface area contributed by atoms with Crippen LogP contribution >= 0.6 is 0 Å². The Labute approximate surface area is 167 Å². The Morgan fingerprint density at radius 1 is 1.11 bits per heavy atom. The van der Waals surface area contributed by atoms with Crippen LogP contribution in [0.3, 0.4) is 0 Å². The van der Waals surface area contributed by atoms with E-state index in [9.17, 15) is 9.59 Å². The molecule has 5 heteroatoms. The van der Waals surface area contributed by atoms with E-state index in [1.54, 1.807) is 31.2 Å². The zero-order chi connectivity index (χ0) is 20.5. The third-order valence-electron chi connectivity index (χ3n) is 4.38. The number of para-hydroxylation sites is 1. The summed E-state index contributed by atoms with van der Waals surface area (Å²) < 4.78 is 10.8. The number of aryl methyl sites for hydroxylation is 1. The second kappa shape index (κ2) is 10.5. The molecule has 0 saturated heterocycles. The van der Waals surface area contributed by atoms with Crippen molar-refractivity contribution in [3.63, 3.8) is 0 Å². The van der Waals surface area contributed by atoms with Gasteiger partial charge < -0.3 is 14.8 Å². The van der Waals surface area contributed by atoms with Gasteiger partial charge in [0.25, 0.3) is 0 Å². The number of carbonyl (C=O) groups excluding carboxylic acids is 2. The van der Waals surface area contributed by atoms with Crippen molar-refractivity contribution in [3.8, 4) is 5.75 Å². The molecule has 0 fully saturated rings. The number of anilines is 1. The van der Waals surface area contributed by atoms with Crippen molar-refractivity contribution in [2.45, 2.75) is 46.5 Å². The van der Waals surface area contributed by atoms with E-state index < -0.39 is 5.97 Å². The fourth-order valence-corrected chi connectivity index (χ4v) is 3.00. The standard InChI is InChI=1S/C23H29NO4/c1-5-27-23(26)20-9-6-7-10-21(20)24-22(25)11-8-14-28-18-12-13-19(16(2)3)17(4)15-18/h6-7,9-10,12-13,15-16H,5,8,11,14H2,1-4H3,(H,24,25). The number of carbonyl (C=O) groups is 2. The molecule has 0 heterocycles. The van der Waals surface area contributed by atoms with E-state index >= 15 is 0 Å². The molecule has 5 nitrogen and oxygen atoms in total. The molecule has 0 atom stereocenters. The Morgan fingerprint density at radius 2 is 1.86 bits per heavy atom. The van der Waals surface area contributed by atoms with Gasteiger partial charge in [-0.3, -0.25) is 4.79 Å². The van der Waals surface area contributed by atoms with Gasteiger partial charge in [-0.25, -0.2) is 4.79 Å². The molecule has 1 amide bonds. The highest BCUT2D eigenvalue weighted by Gasteiger charge is 2.13. The van der Waals surface area contributed by atoms with Crippen molar-refractivity contribution < 1.29 is 19.1 Å². The SMILES string of the molecule is CCOC(=O)c1ccccc1NC(=O)CCCOc1ccc(C(C)C)c(C)c1. The van der Waals surface area contributed by atoms with Crippen LogP contribution < -0.4 is 10.1 Å². The average molecular weight is 383 g/mol. The van der Waals surface area contributed by atoms with E-state index in [0.717, 1.165) is 5.75 Å². The maximum Gasteiger partial charge on any atom is 0.340 e. The van der Waals surface area contributed by atoms with Crippen molar-refractivity contribution in [2.75, 3.05) is 18.5 Å². The van der Waals surface area contributed by atoms with E-state index in [2.05, 4.69) is 32.2 Å². The van der Waals surface area contributed by atoms with Crippen LogP contribution in [0.15, 0.2) is 42.5 Å². The second-order valence-electron chi connectivity index (χ2n) is 6.94. The summed E-state index contributed by atoms with van der Waals surface area (Å²) >= 11 is 0. The highest BCUT2D eigenvalue weighted by molar-refractivity contribution is 6.01. The molecule has 28 heavy (non-hydrogen) atoms. The smallest absolute Gasteiger partial charge is 0.340 e. The van der Waals surface area contributed by atoms with Gasteiger partial charge in [-0.1, -0.05) is 32.0 Å². The molecule has 0 bridgehead atoms. The summed E-state index contributed by atoms with van der Waals surface area (Å²) in [6.45, 7) is 8.90. The lowest BCUT2D eigenvalue weighted by Crippen LogP contribution is -2.16. The van der Waals surface area contributed by atoms with E-state index in [-0.39, 0.29) is 12.5 Å². The number of hydrogen-bond donors (Lipinski definition) is 1. The van der Waals surface area contributed by atoms with Crippen molar-refractivity contribution in [1.29, 1.82) is 0 Å². The predicted octanol–water partition coefficient (Wildman–Crippen LogP) is 5.09. The Balaban J connectivity index is 1.82. The lowest BCUT2D eigenvalue weighted by molar-refractivity contribution is -0.116. The molecule has 0 aromatic heterocycles. The molecule has 0 saturated carbocycles. The molecule has 0 aliphatic rings. The Hall–Kier alpha value is -2.82. The third kappa shape index (κ3) is 6.12. The van der Waals surface area contributed by atoms with Crippen molar-refractivity contribution in [3.05, 3.63) is 59.2 Å². The Kier molecular flexibility index (Phi) is 8.05. The average Bonchev–Trinajstić information content (AvgIpc) is 2.65. The van der Waals surface area contributed by atoms with Gasteiger partial charge in [0, 0.05) is 6.42 Å². The number of ether oxygens (including phenoxy) is 2. The predicted molar refractivity (Wildman–Crippen MR) is 111 cm³/mol. The largest absolute Gasteiger partial charge is 0.494 e. The normalized spacial score (nSPS) is 10.6. The fourth-order valence-electron chi connectivity index (χ4n) is 3.00. The first-order valence-corrected chi connectivity index (χ1v) is 9.71. The van der Waals surface area contributed by atoms with Gasteiger partial charge in [0.15, 0.2) is 0 Å². The highest BCUT2D eigenvalue weighted by atomic mass is 16.5. The first-order chi connectivity index (χ1) is 13.4. The van der Waals surface area contributed by atoms with Crippen LogP contribution in [0.4, 0.5) is 5.69 Å². The summed E-state index contributed by atoms with van der Waals surface area (Å²) in [5, 5.41) is 2.78. The van der Waals surface area contributed by atoms with Gasteiger partial charge in [-0.15, -0.1) is 0 Å². The van der Waals surface area contributed by atoms with Gasteiger partial charge in [-0.05, 0) is 61.6 Å². The van der Waals surface area contributed by atoms with E-state index in [1.165, 1.54) is 11.1 Å². The molecule has 1 N–H and O–H groups in total. The van der Waals surface area contributed by atoms with Gasteiger partial charge >= 0.3 is 5.97 Å². The third-order valence-corrected chi connectivity index (χ3v) is 4.38. The van der Waals surface area contributed by atoms with E-state index in [1.807, 2.05) is 12.1 Å². The molecule has 0 aliphatic heterocycles. The number of amides is 1. The topological polar surface area (TPSA) is 64.6 Å². The van der Waals surface area contributed by atoms with Crippen LogP contribution in [0.25, 0.3) is 0 Å². The molecule has 0 unspecified atom stereocenters. The molecule has 0 radical (unpaired) electrons. The molecule has 0 spiro atoms.